The van der Waals surface area contributed by atoms with Crippen LogP contribution < -0.4 is 0 Å². The van der Waals surface area contributed by atoms with Crippen LogP contribution in [0.5, 0.6) is 0 Å². The van der Waals surface area contributed by atoms with E-state index in [0.717, 1.165) is 29.7 Å². The molecule has 0 unspecified atom stereocenters. The Bertz CT molecular complexity index is 788. The lowest BCUT2D eigenvalue weighted by atomic mass is 10.1. The van der Waals surface area contributed by atoms with Crippen molar-refractivity contribution in [2.75, 3.05) is 26.2 Å². The lowest BCUT2D eigenvalue weighted by Gasteiger charge is -2.35. The summed E-state index contributed by atoms with van der Waals surface area (Å²) in [6.45, 7) is 6.48. The highest BCUT2D eigenvalue weighted by Crippen LogP contribution is 2.18. The normalized spacial score (nSPS) is 15.0. The van der Waals surface area contributed by atoms with Crippen molar-refractivity contribution < 1.29 is 9.59 Å². The van der Waals surface area contributed by atoms with Crippen LogP contribution >= 0.6 is 0 Å². The third kappa shape index (κ3) is 3.52. The molecule has 1 aromatic carbocycles. The summed E-state index contributed by atoms with van der Waals surface area (Å²) in [6.07, 6.45) is 2.57. The number of aryl methyl sites for hydroxylation is 2. The van der Waals surface area contributed by atoms with Crippen molar-refractivity contribution in [3.63, 3.8) is 0 Å². The maximum absolute atomic E-state index is 12.8. The van der Waals surface area contributed by atoms with E-state index in [-0.39, 0.29) is 11.8 Å². The molecular formula is C19H26N4O2. The average molecular weight is 342 g/mol. The molecule has 0 N–H and O–H groups in total. The van der Waals surface area contributed by atoms with E-state index in [1.54, 1.807) is 0 Å². The number of piperazine rings is 1. The van der Waals surface area contributed by atoms with E-state index in [9.17, 15) is 9.59 Å². The molecule has 0 saturated carbocycles. The average Bonchev–Trinajstić information content (AvgIpc) is 2.92. The first-order chi connectivity index (χ1) is 12.0. The summed E-state index contributed by atoms with van der Waals surface area (Å²) in [7, 11) is 1.97. The van der Waals surface area contributed by atoms with E-state index in [0.29, 0.717) is 38.2 Å². The number of carbonyl (C=O) groups is 2. The van der Waals surface area contributed by atoms with Gasteiger partial charge in [-0.1, -0.05) is 13.3 Å². The second-order valence-electron chi connectivity index (χ2n) is 6.70. The third-order valence-electron chi connectivity index (χ3n) is 5.02. The Kier molecular flexibility index (Phi) is 5.06. The number of fused-ring (bicyclic) bond motifs is 1. The fourth-order valence-corrected chi connectivity index (χ4v) is 3.28. The second kappa shape index (κ2) is 7.25. The molecule has 1 saturated heterocycles. The summed E-state index contributed by atoms with van der Waals surface area (Å²) >= 11 is 0. The highest BCUT2D eigenvalue weighted by molar-refractivity contribution is 5.97. The fraction of sp³-hybridized carbons (Fsp3) is 0.526. The van der Waals surface area contributed by atoms with E-state index >= 15 is 0 Å². The number of hydrogen-bond acceptors (Lipinski definition) is 3. The quantitative estimate of drug-likeness (QED) is 0.857. The zero-order valence-electron chi connectivity index (χ0n) is 15.3. The molecule has 134 valence electrons. The van der Waals surface area contributed by atoms with Crippen molar-refractivity contribution in [1.82, 2.24) is 19.4 Å². The van der Waals surface area contributed by atoms with Gasteiger partial charge in [0.2, 0.25) is 5.91 Å². The summed E-state index contributed by atoms with van der Waals surface area (Å²) in [5, 5.41) is 0. The SMILES string of the molecule is CCCCC(=O)N1CCN(C(=O)c2ccc3c(c2)nc(C)n3C)CC1. The molecule has 0 bridgehead atoms. The van der Waals surface area contributed by atoms with Crippen LogP contribution in [0.25, 0.3) is 11.0 Å². The third-order valence-corrected chi connectivity index (χ3v) is 5.02. The van der Waals surface area contributed by atoms with Crippen molar-refractivity contribution >= 4 is 22.8 Å². The van der Waals surface area contributed by atoms with Crippen LogP contribution in [0.3, 0.4) is 0 Å². The summed E-state index contributed by atoms with van der Waals surface area (Å²) in [4.78, 5) is 33.1. The van der Waals surface area contributed by atoms with Crippen LogP contribution in [-0.2, 0) is 11.8 Å². The standard InChI is InChI=1S/C19H26N4O2/c1-4-5-6-18(24)22-9-11-23(12-10-22)19(25)15-7-8-17-16(13-15)20-14(2)21(17)3/h7-8,13H,4-6,9-12H2,1-3H3. The summed E-state index contributed by atoms with van der Waals surface area (Å²) in [5.41, 5.74) is 2.54. The van der Waals surface area contributed by atoms with Gasteiger partial charge in [0, 0.05) is 45.2 Å². The van der Waals surface area contributed by atoms with Crippen LogP contribution in [0.2, 0.25) is 0 Å². The predicted octanol–water partition coefficient (Wildman–Crippen LogP) is 2.36. The van der Waals surface area contributed by atoms with E-state index < -0.39 is 0 Å². The maximum atomic E-state index is 12.8. The van der Waals surface area contributed by atoms with Gasteiger partial charge in [-0.15, -0.1) is 0 Å². The van der Waals surface area contributed by atoms with Gasteiger partial charge in [0.05, 0.1) is 11.0 Å². The van der Waals surface area contributed by atoms with Crippen LogP contribution in [0, 0.1) is 6.92 Å². The first kappa shape index (κ1) is 17.5. The maximum Gasteiger partial charge on any atom is 0.254 e. The Balaban J connectivity index is 1.65. The largest absolute Gasteiger partial charge is 0.339 e. The molecule has 6 nitrogen and oxygen atoms in total. The summed E-state index contributed by atoms with van der Waals surface area (Å²) in [5.74, 6) is 1.16. The topological polar surface area (TPSA) is 58.4 Å². The van der Waals surface area contributed by atoms with Crippen molar-refractivity contribution in [2.45, 2.75) is 33.1 Å². The summed E-state index contributed by atoms with van der Waals surface area (Å²) < 4.78 is 2.02. The van der Waals surface area contributed by atoms with Crippen molar-refractivity contribution in [3.05, 3.63) is 29.6 Å². The van der Waals surface area contributed by atoms with Gasteiger partial charge in [-0.2, -0.15) is 0 Å². The zero-order valence-corrected chi connectivity index (χ0v) is 15.3. The number of hydrogen-bond donors (Lipinski definition) is 0. The number of benzene rings is 1. The van der Waals surface area contributed by atoms with E-state index in [1.165, 1.54) is 0 Å². The van der Waals surface area contributed by atoms with Gasteiger partial charge >= 0.3 is 0 Å². The van der Waals surface area contributed by atoms with E-state index in [4.69, 9.17) is 0 Å². The molecule has 2 amide bonds. The molecule has 0 radical (unpaired) electrons. The molecule has 1 aliphatic rings. The van der Waals surface area contributed by atoms with E-state index in [2.05, 4.69) is 11.9 Å². The number of imidazole rings is 1. The number of nitrogens with zero attached hydrogens (tertiary/aromatic N) is 4. The van der Waals surface area contributed by atoms with Gasteiger partial charge in [-0.05, 0) is 31.5 Å². The molecule has 2 aromatic rings. The zero-order chi connectivity index (χ0) is 18.0. The highest BCUT2D eigenvalue weighted by Gasteiger charge is 2.24. The van der Waals surface area contributed by atoms with Crippen molar-refractivity contribution in [2.24, 2.45) is 7.05 Å². The smallest absolute Gasteiger partial charge is 0.254 e. The molecule has 0 atom stereocenters. The molecule has 6 heteroatoms. The van der Waals surface area contributed by atoms with E-state index in [1.807, 2.05) is 46.5 Å². The predicted molar refractivity (Wildman–Crippen MR) is 97.5 cm³/mol. The molecule has 25 heavy (non-hydrogen) atoms. The van der Waals surface area contributed by atoms with Crippen LogP contribution in [0.15, 0.2) is 18.2 Å². The fourth-order valence-electron chi connectivity index (χ4n) is 3.28. The molecule has 1 fully saturated rings. The van der Waals surface area contributed by atoms with Gasteiger partial charge in [-0.25, -0.2) is 4.98 Å². The molecule has 3 rings (SSSR count). The van der Waals surface area contributed by atoms with Gasteiger partial charge in [0.25, 0.3) is 5.91 Å². The Labute approximate surface area is 148 Å². The highest BCUT2D eigenvalue weighted by atomic mass is 16.2. The Morgan fingerprint density at radius 2 is 1.80 bits per heavy atom. The Hall–Kier alpha value is -2.37. The van der Waals surface area contributed by atoms with Crippen molar-refractivity contribution in [3.8, 4) is 0 Å². The number of rotatable bonds is 4. The Morgan fingerprint density at radius 3 is 2.48 bits per heavy atom. The molecule has 0 spiro atoms. The van der Waals surface area contributed by atoms with Crippen LogP contribution in [0.1, 0.15) is 42.4 Å². The van der Waals surface area contributed by atoms with Crippen LogP contribution in [0.4, 0.5) is 0 Å². The minimum atomic E-state index is 0.0193. The molecular weight excluding hydrogens is 316 g/mol. The minimum absolute atomic E-state index is 0.0193. The molecule has 2 heterocycles. The lowest BCUT2D eigenvalue weighted by Crippen LogP contribution is -2.50. The lowest BCUT2D eigenvalue weighted by molar-refractivity contribution is -0.132. The van der Waals surface area contributed by atoms with Crippen molar-refractivity contribution in [1.29, 1.82) is 0 Å². The summed E-state index contributed by atoms with van der Waals surface area (Å²) in [6, 6.07) is 5.68. The van der Waals surface area contributed by atoms with Gasteiger partial charge in [0.15, 0.2) is 0 Å². The van der Waals surface area contributed by atoms with Gasteiger partial charge in [0.1, 0.15) is 5.82 Å². The molecule has 0 aliphatic carbocycles. The molecule has 1 aromatic heterocycles. The first-order valence-electron chi connectivity index (χ1n) is 9.01. The van der Waals surface area contributed by atoms with Gasteiger partial charge < -0.3 is 14.4 Å². The molecule has 1 aliphatic heterocycles. The minimum Gasteiger partial charge on any atom is -0.339 e. The van der Waals surface area contributed by atoms with Crippen LogP contribution in [-0.4, -0.2) is 57.3 Å². The Morgan fingerprint density at radius 1 is 1.12 bits per heavy atom. The second-order valence-corrected chi connectivity index (χ2v) is 6.70. The number of amides is 2. The van der Waals surface area contributed by atoms with Gasteiger partial charge in [-0.3, -0.25) is 9.59 Å². The number of unbranched alkanes of at least 4 members (excludes halogenated alkanes) is 1. The monoisotopic (exact) mass is 342 g/mol. The number of aromatic nitrogens is 2. The first-order valence-corrected chi connectivity index (χ1v) is 9.01. The number of carbonyl (C=O) groups excluding carboxylic acids is 2.